The number of benzene rings is 2. The van der Waals surface area contributed by atoms with Crippen LogP contribution in [0.25, 0.3) is 20.4 Å². The van der Waals surface area contributed by atoms with Gasteiger partial charge in [-0.1, -0.05) is 0 Å². The summed E-state index contributed by atoms with van der Waals surface area (Å²) in [6.45, 7) is 12.3. The average molecular weight is 630 g/mol. The van der Waals surface area contributed by atoms with E-state index in [-0.39, 0.29) is 36.2 Å². The largest absolute Gasteiger partial charge is 1.00 e. The minimum absolute atomic E-state index is 0. The number of hydrogen-bond acceptors (Lipinski definition) is 6. The number of nitrogens with zero attached hydrogens (tertiary/aromatic N) is 4. The molecular weight excluding hydrogens is 597 g/mol. The molecular formula is C24H32IN5O3S2. The zero-order chi connectivity index (χ0) is 24.2. The Morgan fingerprint density at radius 3 is 1.86 bits per heavy atom. The quantitative estimate of drug-likeness (QED) is 0.255. The molecule has 0 radical (unpaired) electrons. The molecule has 3 aromatic rings. The Labute approximate surface area is 228 Å². The van der Waals surface area contributed by atoms with Crippen molar-refractivity contribution in [3.05, 3.63) is 35.4 Å². The van der Waals surface area contributed by atoms with Crippen LogP contribution in [0.1, 0.15) is 25.0 Å². The Hall–Kier alpha value is -1.38. The molecule has 0 aliphatic carbocycles. The summed E-state index contributed by atoms with van der Waals surface area (Å²) in [4.78, 5) is 9.71. The summed E-state index contributed by atoms with van der Waals surface area (Å²) >= 11 is 1.77. The van der Waals surface area contributed by atoms with Crippen molar-refractivity contribution in [2.75, 3.05) is 49.1 Å². The van der Waals surface area contributed by atoms with E-state index in [1.54, 1.807) is 11.3 Å². The maximum absolute atomic E-state index is 11.7. The molecule has 35 heavy (non-hydrogen) atoms. The predicted octanol–water partition coefficient (Wildman–Crippen LogP) is 0.291. The van der Waals surface area contributed by atoms with Gasteiger partial charge in [-0.3, -0.25) is 0 Å². The van der Waals surface area contributed by atoms with Crippen molar-refractivity contribution in [1.82, 2.24) is 9.29 Å². The molecule has 0 bridgehead atoms. The fraction of sp³-hybridized carbons (Fsp3) is 0.500. The van der Waals surface area contributed by atoms with Crippen molar-refractivity contribution < 1.29 is 37.1 Å². The van der Waals surface area contributed by atoms with Gasteiger partial charge in [0.05, 0.1) is 12.2 Å². The summed E-state index contributed by atoms with van der Waals surface area (Å²) in [6, 6.07) is 8.85. The minimum Gasteiger partial charge on any atom is -1.00 e. The Kier molecular flexibility index (Phi) is 7.75. The molecule has 3 heterocycles. The lowest BCUT2D eigenvalue weighted by molar-refractivity contribution is -0.00526. The molecule has 0 unspecified atom stereocenters. The summed E-state index contributed by atoms with van der Waals surface area (Å²) in [5.74, 6) is 0. The van der Waals surface area contributed by atoms with Crippen molar-refractivity contribution >= 4 is 53.4 Å². The first-order valence-electron chi connectivity index (χ1n) is 11.7. The monoisotopic (exact) mass is 629 g/mol. The molecule has 2 fully saturated rings. The number of rotatable bonds is 3. The van der Waals surface area contributed by atoms with Gasteiger partial charge in [-0.25, -0.2) is 10.1 Å². The molecule has 11 heteroatoms. The maximum atomic E-state index is 11.7. The molecule has 2 atom stereocenters. The van der Waals surface area contributed by atoms with Crippen molar-refractivity contribution in [1.29, 1.82) is 0 Å². The molecule has 2 saturated heterocycles. The van der Waals surface area contributed by atoms with E-state index in [1.807, 2.05) is 0 Å². The summed E-state index contributed by atoms with van der Waals surface area (Å²) in [5.41, 5.74) is 6.69. The third-order valence-electron chi connectivity index (χ3n) is 6.69. The van der Waals surface area contributed by atoms with Gasteiger partial charge < -0.3 is 38.5 Å². The van der Waals surface area contributed by atoms with Crippen LogP contribution in [0.2, 0.25) is 0 Å². The number of halogens is 1. The number of hydrogen-bond donors (Lipinski definition) is 1. The fourth-order valence-electron chi connectivity index (χ4n) is 5.08. The van der Waals surface area contributed by atoms with E-state index in [2.05, 4.69) is 61.8 Å². The smallest absolute Gasteiger partial charge is 0.277 e. The highest BCUT2D eigenvalue weighted by molar-refractivity contribution is 7.86. The molecule has 2 aromatic carbocycles. The van der Waals surface area contributed by atoms with Gasteiger partial charge in [-0.2, -0.15) is 12.7 Å². The lowest BCUT2D eigenvalue weighted by Crippen LogP contribution is -3.00. The predicted molar refractivity (Wildman–Crippen MR) is 140 cm³/mol. The Morgan fingerprint density at radius 1 is 0.886 bits per heavy atom. The second kappa shape index (κ2) is 10.2. The second-order valence-electron chi connectivity index (χ2n) is 9.53. The number of aryl methyl sites for hydroxylation is 2. The van der Waals surface area contributed by atoms with Gasteiger partial charge in [0.25, 0.3) is 19.6 Å². The molecule has 2 aliphatic rings. The SMILES string of the molecule is Cc1cc(N2CCN(S(N)(=O)=O)CC2)cc2[s+]c3cc(N4C[C@@H](C)O[C@@H](C)C4)cc(C)c3nc12.[I-]. The topological polar surface area (TPSA) is 92.0 Å². The van der Waals surface area contributed by atoms with Crippen molar-refractivity contribution in [2.24, 2.45) is 5.14 Å². The van der Waals surface area contributed by atoms with Gasteiger partial charge in [-0.05, 0) is 51.0 Å². The first kappa shape index (κ1) is 26.7. The number of ether oxygens (including phenoxy) is 1. The normalized spacial score (nSPS) is 22.0. The number of nitrogens with two attached hydrogens (primary N) is 1. The summed E-state index contributed by atoms with van der Waals surface area (Å²) in [7, 11) is -3.64. The highest BCUT2D eigenvalue weighted by Crippen LogP contribution is 2.35. The number of morpholine rings is 1. The van der Waals surface area contributed by atoms with E-state index in [9.17, 15) is 8.42 Å². The highest BCUT2D eigenvalue weighted by atomic mass is 127. The van der Waals surface area contributed by atoms with Crippen LogP contribution in [0.15, 0.2) is 24.3 Å². The standard InChI is InChI=1S/C24H32N5O3S2.HI/c1-15-9-19(27-5-7-29(8-6-27)34(25,30)31)11-21-23(15)26-24-16(2)10-20(12-22(24)33-21)28-13-17(3)32-18(4)14-28;/h9-12,17-18H,5-8,13-14H2,1-4H3,(H2,25,30,31);1H/q+1;/p-1/t17-,18+;. The Bertz CT molecular complexity index is 1350. The Morgan fingerprint density at radius 2 is 1.37 bits per heavy atom. The second-order valence-corrected chi connectivity index (χ2v) is 12.2. The van der Waals surface area contributed by atoms with Gasteiger partial charge in [-0.15, -0.1) is 0 Å². The van der Waals surface area contributed by atoms with Crippen LogP contribution in [0.3, 0.4) is 0 Å². The number of anilines is 2. The number of aromatic nitrogens is 1. The van der Waals surface area contributed by atoms with Crippen LogP contribution >= 0.6 is 11.3 Å². The van der Waals surface area contributed by atoms with Crippen LogP contribution in [0.5, 0.6) is 0 Å². The van der Waals surface area contributed by atoms with E-state index in [0.29, 0.717) is 26.2 Å². The molecule has 190 valence electrons. The van der Waals surface area contributed by atoms with Gasteiger partial charge >= 0.3 is 0 Å². The van der Waals surface area contributed by atoms with Crippen LogP contribution in [-0.2, 0) is 14.9 Å². The molecule has 1 aromatic heterocycles. The molecule has 0 spiro atoms. The maximum Gasteiger partial charge on any atom is 0.277 e. The summed E-state index contributed by atoms with van der Waals surface area (Å²) in [5, 5.41) is 5.30. The molecule has 5 rings (SSSR count). The molecule has 2 N–H and O–H groups in total. The summed E-state index contributed by atoms with van der Waals surface area (Å²) in [6.07, 6.45) is 0.413. The minimum atomic E-state index is -3.64. The van der Waals surface area contributed by atoms with E-state index >= 15 is 0 Å². The van der Waals surface area contributed by atoms with Crippen LogP contribution in [-0.4, -0.2) is 69.2 Å². The number of piperazine rings is 1. The zero-order valence-electron chi connectivity index (χ0n) is 20.5. The third kappa shape index (κ3) is 5.49. The summed E-state index contributed by atoms with van der Waals surface area (Å²) < 4.78 is 32.9. The zero-order valence-corrected chi connectivity index (χ0v) is 24.3. The molecule has 8 nitrogen and oxygen atoms in total. The van der Waals surface area contributed by atoms with Crippen molar-refractivity contribution in [3.63, 3.8) is 0 Å². The molecule has 0 amide bonds. The fourth-order valence-corrected chi connectivity index (χ4v) is 6.96. The van der Waals surface area contributed by atoms with E-state index in [4.69, 9.17) is 14.9 Å². The highest BCUT2D eigenvalue weighted by Gasteiger charge is 2.27. The number of fused-ring (bicyclic) bond motifs is 2. The van der Waals surface area contributed by atoms with Crippen LogP contribution in [0, 0.1) is 13.8 Å². The first-order valence-corrected chi connectivity index (χ1v) is 14.0. The third-order valence-corrected chi connectivity index (χ3v) is 8.84. The van der Waals surface area contributed by atoms with Crippen molar-refractivity contribution in [3.8, 4) is 0 Å². The molecule has 0 saturated carbocycles. The lowest BCUT2D eigenvalue weighted by Gasteiger charge is -2.36. The van der Waals surface area contributed by atoms with Crippen molar-refractivity contribution in [2.45, 2.75) is 39.9 Å². The van der Waals surface area contributed by atoms with Gasteiger partial charge in [0, 0.05) is 62.8 Å². The van der Waals surface area contributed by atoms with Crippen LogP contribution in [0.4, 0.5) is 11.4 Å². The Balaban J connectivity index is 0.00000289. The van der Waals surface area contributed by atoms with Gasteiger partial charge in [0.1, 0.15) is 11.0 Å². The van der Waals surface area contributed by atoms with E-state index < -0.39 is 10.2 Å². The van der Waals surface area contributed by atoms with Crippen LogP contribution < -0.4 is 38.9 Å². The average Bonchev–Trinajstić information content (AvgIpc) is 2.77. The lowest BCUT2D eigenvalue weighted by atomic mass is 10.1. The van der Waals surface area contributed by atoms with Gasteiger partial charge in [0.2, 0.25) is 11.3 Å². The first-order chi connectivity index (χ1) is 16.1. The van der Waals surface area contributed by atoms with E-state index in [0.717, 1.165) is 40.1 Å². The van der Waals surface area contributed by atoms with Gasteiger partial charge in [0.15, 0.2) is 0 Å². The van der Waals surface area contributed by atoms with E-state index in [1.165, 1.54) is 20.3 Å². The molecule has 2 aliphatic heterocycles.